The maximum absolute atomic E-state index is 0. The van der Waals surface area contributed by atoms with Gasteiger partial charge in [0.25, 0.3) is 0 Å². The van der Waals surface area contributed by atoms with Crippen LogP contribution in [0.5, 0.6) is 0 Å². The van der Waals surface area contributed by atoms with E-state index < -0.39 is 0 Å². The summed E-state index contributed by atoms with van der Waals surface area (Å²) in [7, 11) is 0. The van der Waals surface area contributed by atoms with Crippen molar-refractivity contribution in [1.82, 2.24) is 0 Å². The van der Waals surface area contributed by atoms with E-state index in [0.29, 0.717) is 0 Å². The van der Waals surface area contributed by atoms with Crippen molar-refractivity contribution in [2.24, 2.45) is 0 Å². The van der Waals surface area contributed by atoms with Crippen LogP contribution in [0.4, 0.5) is 0 Å². The highest BCUT2D eigenvalue weighted by Crippen LogP contribution is 0.846. The second-order valence-electron chi connectivity index (χ2n) is 0. The Morgan fingerprint density at radius 2 is 0.500 bits per heavy atom. The van der Waals surface area contributed by atoms with Crippen LogP contribution in [0.15, 0.2) is 0 Å². The third-order valence-electron chi connectivity index (χ3n) is 0. The Morgan fingerprint density at radius 3 is 0.500 bits per heavy atom. The van der Waals surface area contributed by atoms with Gasteiger partial charge in [0.1, 0.15) is 0 Å². The second kappa shape index (κ2) is 26.8. The summed E-state index contributed by atoms with van der Waals surface area (Å²) in [6.07, 6.45) is 0. The molecule has 0 aromatic rings. The summed E-state index contributed by atoms with van der Waals surface area (Å²) in [5.41, 5.74) is 0. The van der Waals surface area contributed by atoms with Crippen molar-refractivity contribution in [3.8, 4) is 0 Å². The monoisotopic (exact) mass is 188 g/mol. The van der Waals surface area contributed by atoms with Gasteiger partial charge in [0, 0.05) is 0 Å². The molecule has 4 heavy (non-hydrogen) atoms. The molecule has 0 atom stereocenters. The topological polar surface area (TPSA) is 0 Å². The van der Waals surface area contributed by atoms with Crippen LogP contribution in [0.1, 0.15) is 0 Å². The fourth-order valence-corrected chi connectivity index (χ4v) is 0. The zero-order chi connectivity index (χ0) is 0. The zero-order valence-electron chi connectivity index (χ0n) is 1.63. The molecule has 0 fully saturated rings. The summed E-state index contributed by atoms with van der Waals surface area (Å²) in [6, 6.07) is 0. The first-order valence-electron chi connectivity index (χ1n) is 0. The highest BCUT2D eigenvalue weighted by molar-refractivity contribution is 8.93. The van der Waals surface area contributed by atoms with Crippen molar-refractivity contribution in [2.45, 2.75) is 0 Å². The van der Waals surface area contributed by atoms with Crippen LogP contribution in [-0.4, -0.2) is 0 Å². The predicted molar refractivity (Wildman–Crippen MR) is 32.1 cm³/mol. The molecule has 0 aliphatic rings. The average Bonchev–Trinajstić information content (AvgIpc) is 0. The normalized spacial score (nSPS) is 0. The van der Waals surface area contributed by atoms with Gasteiger partial charge < -0.3 is 0 Å². The van der Waals surface area contributed by atoms with Crippen molar-refractivity contribution >= 4 is 54.2 Å². The maximum Gasteiger partial charge on any atom is -0.114 e. The number of halogens is 4. The predicted octanol–water partition coefficient (Wildman–Crippen LogP) is 1.84. The van der Waals surface area contributed by atoms with E-state index in [0.717, 1.165) is 0 Å². The Balaban J connectivity index is 0. The van der Waals surface area contributed by atoms with Crippen LogP contribution in [0.2, 0.25) is 0 Å². The van der Waals surface area contributed by atoms with Gasteiger partial charge in [-0.1, -0.05) is 0 Å². The third-order valence-corrected chi connectivity index (χ3v) is 0. The molecule has 4 heteroatoms. The van der Waals surface area contributed by atoms with Crippen molar-refractivity contribution in [2.75, 3.05) is 0 Å². The van der Waals surface area contributed by atoms with E-state index in [4.69, 9.17) is 0 Å². The zero-order valence-corrected chi connectivity index (χ0v) is 5.80. The Kier molecular flexibility index (Phi) is 372. The van der Waals surface area contributed by atoms with Crippen LogP contribution in [-0.2, 0) is 0 Å². The molecule has 0 aliphatic carbocycles. The van der Waals surface area contributed by atoms with E-state index in [1.165, 1.54) is 0 Å². The van der Waals surface area contributed by atoms with Gasteiger partial charge >= 0.3 is 0 Å². The lowest BCUT2D eigenvalue weighted by Crippen LogP contribution is 0.689. The fourth-order valence-electron chi connectivity index (χ4n) is 0. The molecule has 0 saturated carbocycles. The lowest BCUT2D eigenvalue weighted by molar-refractivity contribution is 5.85. The standard InChI is InChI=1S/BrH.3ClH/h4*1H. The van der Waals surface area contributed by atoms with E-state index in [9.17, 15) is 0 Å². The number of hydrogen-bond acceptors (Lipinski definition) is 0. The Hall–Kier alpha value is 1.35. The Morgan fingerprint density at radius 1 is 0.500 bits per heavy atom. The summed E-state index contributed by atoms with van der Waals surface area (Å²) >= 11 is 0. The SMILES string of the molecule is Br.Cl.Cl.Cl. The molecule has 0 aromatic carbocycles. The first kappa shape index (κ1) is 55.5. The minimum absolute atomic E-state index is 0. The van der Waals surface area contributed by atoms with E-state index in [-0.39, 0.29) is 54.2 Å². The van der Waals surface area contributed by atoms with Gasteiger partial charge in [-0.3, -0.25) is 0 Å². The highest BCUT2D eigenvalue weighted by atomic mass is 79.9. The molecule has 0 nitrogen and oxygen atoms in total. The molecule has 32 valence electrons. The Bertz CT molecular complexity index is 3.25. The smallest absolute Gasteiger partial charge is 0.114 e. The summed E-state index contributed by atoms with van der Waals surface area (Å²) in [5.74, 6) is 0. The minimum Gasteiger partial charge on any atom is -0.147 e. The summed E-state index contributed by atoms with van der Waals surface area (Å²) in [6.45, 7) is 0. The number of rotatable bonds is 0. The van der Waals surface area contributed by atoms with Gasteiger partial charge in [0.2, 0.25) is 0 Å². The van der Waals surface area contributed by atoms with Crippen molar-refractivity contribution in [1.29, 1.82) is 0 Å². The molecule has 0 aromatic heterocycles. The van der Waals surface area contributed by atoms with E-state index in [1.54, 1.807) is 0 Å². The van der Waals surface area contributed by atoms with Gasteiger partial charge in [-0.15, -0.1) is 54.2 Å². The van der Waals surface area contributed by atoms with Crippen molar-refractivity contribution in [3.05, 3.63) is 0 Å². The van der Waals surface area contributed by atoms with Gasteiger partial charge in [-0.25, -0.2) is 0 Å². The molecule has 0 aliphatic heterocycles. The van der Waals surface area contributed by atoms with Crippen LogP contribution in [0, 0.1) is 0 Å². The van der Waals surface area contributed by atoms with E-state index in [2.05, 4.69) is 0 Å². The largest absolute Gasteiger partial charge is 0.147 e. The quantitative estimate of drug-likeness (QED) is 0.547. The van der Waals surface area contributed by atoms with Crippen molar-refractivity contribution in [3.63, 3.8) is 0 Å². The van der Waals surface area contributed by atoms with Gasteiger partial charge in [0.15, 0.2) is 0 Å². The van der Waals surface area contributed by atoms with Gasteiger partial charge in [-0.2, -0.15) is 0 Å². The summed E-state index contributed by atoms with van der Waals surface area (Å²) < 4.78 is 0. The van der Waals surface area contributed by atoms with Crippen LogP contribution < -0.4 is 0 Å². The molecule has 0 rings (SSSR count). The van der Waals surface area contributed by atoms with E-state index >= 15 is 0 Å². The molecule has 0 unspecified atom stereocenters. The van der Waals surface area contributed by atoms with Crippen molar-refractivity contribution < 1.29 is 0 Å². The van der Waals surface area contributed by atoms with E-state index in [1.807, 2.05) is 0 Å². The molecular weight excluding hydrogens is 186 g/mol. The maximum atomic E-state index is 0. The summed E-state index contributed by atoms with van der Waals surface area (Å²) in [5, 5.41) is 0. The lowest BCUT2D eigenvalue weighted by Gasteiger charge is -0.148. The molecule has 0 radical (unpaired) electrons. The number of hydrogen-bond donors (Lipinski definition) is 0. The van der Waals surface area contributed by atoms with Gasteiger partial charge in [0.05, 0.1) is 0 Å². The summed E-state index contributed by atoms with van der Waals surface area (Å²) in [4.78, 5) is 0. The molecule has 0 heterocycles. The third kappa shape index (κ3) is 10.2. The minimum atomic E-state index is 0. The highest BCUT2D eigenvalue weighted by Gasteiger charge is -0.114. The van der Waals surface area contributed by atoms with Crippen LogP contribution in [0.25, 0.3) is 0 Å². The first-order chi connectivity index (χ1) is 0. The van der Waals surface area contributed by atoms with Crippen LogP contribution >= 0.6 is 54.2 Å². The average molecular weight is 190 g/mol. The molecule has 0 amide bonds. The van der Waals surface area contributed by atoms with Gasteiger partial charge in [-0.05, 0) is 0 Å². The Labute approximate surface area is 54.3 Å². The molecular formula is H4BrCl3. The lowest BCUT2D eigenvalue weighted by atomic mass is 35.5. The second-order valence-corrected chi connectivity index (χ2v) is 0. The molecule has 0 saturated heterocycles. The molecule has 0 spiro atoms. The fraction of sp³-hybridized carbons (Fsp3) is 0. The first-order valence-corrected chi connectivity index (χ1v) is 0. The molecule has 0 bridgehead atoms. The van der Waals surface area contributed by atoms with Crippen LogP contribution in [0.3, 0.4) is 0 Å². The molecule has 0 N–H and O–H groups in total.